The number of aryl methyl sites for hydroxylation is 1. The lowest BCUT2D eigenvalue weighted by molar-refractivity contribution is -0.153. The molecular weight excluding hydrogens is 432 g/mol. The molecule has 2 aromatic rings. The van der Waals surface area contributed by atoms with Gasteiger partial charge in [-0.15, -0.1) is 0 Å². The van der Waals surface area contributed by atoms with Gasteiger partial charge >= 0.3 is 5.97 Å². The van der Waals surface area contributed by atoms with Crippen LogP contribution in [0, 0.1) is 6.92 Å². The number of hydrogen-bond donors (Lipinski definition) is 1. The molecule has 1 N–H and O–H groups in total. The van der Waals surface area contributed by atoms with Crippen LogP contribution in [0.5, 0.6) is 5.75 Å². The van der Waals surface area contributed by atoms with Crippen LogP contribution < -0.4 is 10.1 Å². The van der Waals surface area contributed by atoms with Gasteiger partial charge in [0.15, 0.2) is 12.7 Å². The minimum Gasteiger partial charge on any atom is -0.479 e. The molecule has 8 nitrogen and oxygen atoms in total. The summed E-state index contributed by atoms with van der Waals surface area (Å²) in [6, 6.07) is 10.8. The van der Waals surface area contributed by atoms with Crippen LogP contribution in [-0.4, -0.2) is 51.4 Å². The maximum Gasteiger partial charge on any atom is 0.347 e. The number of nitrogens with zero attached hydrogens (tertiary/aromatic N) is 1. The van der Waals surface area contributed by atoms with Gasteiger partial charge in [-0.25, -0.2) is 17.5 Å². The Morgan fingerprint density at radius 1 is 1.17 bits per heavy atom. The molecule has 0 bridgehead atoms. The molecule has 1 unspecified atom stereocenters. The Labute approximate surface area is 180 Å². The summed E-state index contributed by atoms with van der Waals surface area (Å²) in [6.07, 6.45) is -0.939. The van der Waals surface area contributed by atoms with E-state index in [1.54, 1.807) is 25.1 Å². The molecule has 0 spiro atoms. The van der Waals surface area contributed by atoms with Crippen molar-refractivity contribution in [1.29, 1.82) is 0 Å². The van der Waals surface area contributed by atoms with Crippen molar-refractivity contribution in [2.45, 2.75) is 24.8 Å². The van der Waals surface area contributed by atoms with Gasteiger partial charge in [0.2, 0.25) is 10.0 Å². The first-order valence-corrected chi connectivity index (χ1v) is 10.7. The van der Waals surface area contributed by atoms with E-state index in [-0.39, 0.29) is 10.6 Å². The quantitative estimate of drug-likeness (QED) is 0.615. The molecule has 0 heterocycles. The van der Waals surface area contributed by atoms with Crippen LogP contribution in [0.1, 0.15) is 12.5 Å². The summed E-state index contributed by atoms with van der Waals surface area (Å²) < 4.78 is 36.0. The van der Waals surface area contributed by atoms with Crippen LogP contribution in [0.15, 0.2) is 47.4 Å². The van der Waals surface area contributed by atoms with Crippen LogP contribution in [0.2, 0.25) is 5.02 Å². The molecule has 2 rings (SSSR count). The monoisotopic (exact) mass is 454 g/mol. The van der Waals surface area contributed by atoms with Gasteiger partial charge in [-0.05, 0) is 55.8 Å². The van der Waals surface area contributed by atoms with E-state index in [0.29, 0.717) is 10.8 Å². The summed E-state index contributed by atoms with van der Waals surface area (Å²) in [5.41, 5.74) is 1.02. The molecule has 2 aromatic carbocycles. The zero-order valence-electron chi connectivity index (χ0n) is 17.0. The zero-order chi connectivity index (χ0) is 22.5. The van der Waals surface area contributed by atoms with Crippen molar-refractivity contribution < 1.29 is 27.5 Å². The third-order valence-electron chi connectivity index (χ3n) is 4.01. The average Bonchev–Trinajstić information content (AvgIpc) is 2.68. The molecule has 1 amide bonds. The van der Waals surface area contributed by atoms with Crippen molar-refractivity contribution in [1.82, 2.24) is 4.31 Å². The third-order valence-corrected chi connectivity index (χ3v) is 6.06. The molecule has 0 saturated carbocycles. The second-order valence-corrected chi connectivity index (χ2v) is 9.23. The Hall–Kier alpha value is -2.62. The number of carbonyl (C=O) groups excluding carboxylic acids is 2. The number of rotatable bonds is 8. The minimum atomic E-state index is -3.64. The number of halogens is 1. The number of sulfonamides is 1. The summed E-state index contributed by atoms with van der Waals surface area (Å²) in [7, 11) is -0.813. The number of anilines is 1. The number of amides is 1. The lowest BCUT2D eigenvalue weighted by Gasteiger charge is -2.16. The van der Waals surface area contributed by atoms with Crippen molar-refractivity contribution >= 4 is 39.2 Å². The van der Waals surface area contributed by atoms with E-state index in [4.69, 9.17) is 21.1 Å². The van der Waals surface area contributed by atoms with Gasteiger partial charge in [0, 0.05) is 24.8 Å². The van der Waals surface area contributed by atoms with Crippen LogP contribution in [0.4, 0.5) is 5.69 Å². The van der Waals surface area contributed by atoms with E-state index in [9.17, 15) is 18.0 Å². The molecule has 0 aliphatic rings. The molecule has 0 saturated heterocycles. The van der Waals surface area contributed by atoms with E-state index < -0.39 is 34.6 Å². The first kappa shape index (κ1) is 23.7. The predicted molar refractivity (Wildman–Crippen MR) is 113 cm³/mol. The zero-order valence-corrected chi connectivity index (χ0v) is 18.6. The summed E-state index contributed by atoms with van der Waals surface area (Å²) >= 11 is 5.89. The van der Waals surface area contributed by atoms with Gasteiger partial charge in [-0.3, -0.25) is 4.79 Å². The highest BCUT2D eigenvalue weighted by atomic mass is 35.5. The van der Waals surface area contributed by atoms with Crippen molar-refractivity contribution in [2.75, 3.05) is 26.0 Å². The topological polar surface area (TPSA) is 102 Å². The van der Waals surface area contributed by atoms with E-state index >= 15 is 0 Å². The first-order chi connectivity index (χ1) is 14.0. The molecule has 0 fully saturated rings. The maximum atomic E-state index is 12.2. The highest BCUT2D eigenvalue weighted by molar-refractivity contribution is 7.89. The van der Waals surface area contributed by atoms with E-state index in [1.807, 2.05) is 0 Å². The van der Waals surface area contributed by atoms with Gasteiger partial charge in [-0.2, -0.15) is 0 Å². The van der Waals surface area contributed by atoms with Crippen molar-refractivity contribution in [3.63, 3.8) is 0 Å². The Bertz CT molecular complexity index is 1040. The first-order valence-electron chi connectivity index (χ1n) is 8.92. The summed E-state index contributed by atoms with van der Waals surface area (Å²) in [5.74, 6) is -0.853. The Morgan fingerprint density at radius 2 is 1.87 bits per heavy atom. The Kier molecular flexibility index (Phi) is 7.83. The molecule has 10 heteroatoms. The standard InChI is InChI=1S/C20H23ClN2O6S/c1-13-10-15(21)8-9-18(13)29-14(2)20(25)28-12-19(24)22-16-6-5-7-17(11-16)30(26,27)23(3)4/h5-11,14H,12H2,1-4H3,(H,22,24). The molecule has 1 atom stereocenters. The van der Waals surface area contributed by atoms with Gasteiger partial charge < -0.3 is 14.8 Å². The average molecular weight is 455 g/mol. The van der Waals surface area contributed by atoms with E-state index in [0.717, 1.165) is 9.87 Å². The van der Waals surface area contributed by atoms with Gasteiger partial charge in [0.25, 0.3) is 5.91 Å². The Balaban J connectivity index is 1.92. The second-order valence-electron chi connectivity index (χ2n) is 6.64. The summed E-state index contributed by atoms with van der Waals surface area (Å²) in [6.45, 7) is 2.75. The fraction of sp³-hybridized carbons (Fsp3) is 0.300. The van der Waals surface area contributed by atoms with Crippen molar-refractivity contribution in [2.24, 2.45) is 0 Å². The van der Waals surface area contributed by atoms with Gasteiger partial charge in [0.1, 0.15) is 5.75 Å². The molecule has 0 aromatic heterocycles. The van der Waals surface area contributed by atoms with Crippen molar-refractivity contribution in [3.05, 3.63) is 53.1 Å². The number of ether oxygens (including phenoxy) is 2. The van der Waals surface area contributed by atoms with Crippen LogP contribution in [0.3, 0.4) is 0 Å². The highest BCUT2D eigenvalue weighted by Gasteiger charge is 2.20. The summed E-state index contributed by atoms with van der Waals surface area (Å²) in [5, 5.41) is 3.05. The third kappa shape index (κ3) is 6.19. The van der Waals surface area contributed by atoms with Gasteiger partial charge in [-0.1, -0.05) is 17.7 Å². The van der Waals surface area contributed by atoms with E-state index in [1.165, 1.54) is 45.3 Å². The molecule has 162 valence electrons. The molecule has 30 heavy (non-hydrogen) atoms. The molecule has 0 aliphatic heterocycles. The number of carbonyl (C=O) groups is 2. The fourth-order valence-corrected chi connectivity index (χ4v) is 3.55. The largest absolute Gasteiger partial charge is 0.479 e. The van der Waals surface area contributed by atoms with Crippen LogP contribution in [-0.2, 0) is 24.3 Å². The maximum absolute atomic E-state index is 12.2. The lowest BCUT2D eigenvalue weighted by Crippen LogP contribution is -2.30. The number of hydrogen-bond acceptors (Lipinski definition) is 6. The second kappa shape index (κ2) is 9.92. The SMILES string of the molecule is Cc1cc(Cl)ccc1OC(C)C(=O)OCC(=O)Nc1cccc(S(=O)(=O)N(C)C)c1. The Morgan fingerprint density at radius 3 is 2.50 bits per heavy atom. The highest BCUT2D eigenvalue weighted by Crippen LogP contribution is 2.23. The number of benzene rings is 2. The molecule has 0 radical (unpaired) electrons. The lowest BCUT2D eigenvalue weighted by atomic mass is 10.2. The van der Waals surface area contributed by atoms with Crippen molar-refractivity contribution in [3.8, 4) is 5.75 Å². The van der Waals surface area contributed by atoms with Gasteiger partial charge in [0.05, 0.1) is 4.90 Å². The normalized spacial score (nSPS) is 12.3. The summed E-state index contributed by atoms with van der Waals surface area (Å²) in [4.78, 5) is 24.2. The number of nitrogens with one attached hydrogen (secondary N) is 1. The predicted octanol–water partition coefficient (Wildman–Crippen LogP) is 2.85. The minimum absolute atomic E-state index is 0.0302. The van der Waals surface area contributed by atoms with Crippen LogP contribution >= 0.6 is 11.6 Å². The van der Waals surface area contributed by atoms with Crippen LogP contribution in [0.25, 0.3) is 0 Å². The molecule has 0 aliphatic carbocycles. The number of esters is 1. The van der Waals surface area contributed by atoms with E-state index in [2.05, 4.69) is 5.32 Å². The fourth-order valence-electron chi connectivity index (χ4n) is 2.38. The molecular formula is C20H23ClN2O6S. The smallest absolute Gasteiger partial charge is 0.347 e.